The first kappa shape index (κ1) is 17.8. The first-order valence-corrected chi connectivity index (χ1v) is 7.32. The van der Waals surface area contributed by atoms with Crippen molar-refractivity contribution in [3.8, 4) is 5.75 Å². The van der Waals surface area contributed by atoms with Crippen LogP contribution in [0.25, 0.3) is 0 Å². The highest BCUT2D eigenvalue weighted by atomic mass is 35.5. The third-order valence-corrected chi connectivity index (χ3v) is 3.25. The Balaban J connectivity index is 0.00000220. The third kappa shape index (κ3) is 6.38. The van der Waals surface area contributed by atoms with Crippen LogP contribution in [0.15, 0.2) is 48.5 Å². The topological polar surface area (TPSA) is 21.3 Å². The Kier molecular flexibility index (Phi) is 8.21. The minimum atomic E-state index is 0. The number of ether oxygens (including phenoxy) is 1. The van der Waals surface area contributed by atoms with Crippen LogP contribution < -0.4 is 10.1 Å². The molecule has 0 radical (unpaired) electrons. The van der Waals surface area contributed by atoms with Crippen LogP contribution in [0.1, 0.15) is 24.5 Å². The second-order valence-corrected chi connectivity index (χ2v) is 5.17. The summed E-state index contributed by atoms with van der Waals surface area (Å²) >= 11 is 5.85. The van der Waals surface area contributed by atoms with Gasteiger partial charge in [0, 0.05) is 11.6 Å². The Bertz CT molecular complexity index is 511. The molecular weight excluding hydrogens is 305 g/mol. The van der Waals surface area contributed by atoms with Gasteiger partial charge in [0.25, 0.3) is 0 Å². The second-order valence-electron chi connectivity index (χ2n) is 4.74. The minimum Gasteiger partial charge on any atom is -0.489 e. The first-order valence-electron chi connectivity index (χ1n) is 6.95. The second kappa shape index (κ2) is 9.67. The molecule has 2 aromatic carbocycles. The van der Waals surface area contributed by atoms with Gasteiger partial charge in [0.15, 0.2) is 0 Å². The van der Waals surface area contributed by atoms with Crippen LogP contribution in [0.5, 0.6) is 5.75 Å². The molecule has 21 heavy (non-hydrogen) atoms. The monoisotopic (exact) mass is 325 g/mol. The quantitative estimate of drug-likeness (QED) is 0.735. The number of hydrogen-bond donors (Lipinski definition) is 1. The lowest BCUT2D eigenvalue weighted by atomic mass is 10.2. The SMILES string of the molecule is CCCNCc1ccc(OCc2ccc(Cl)cc2)cc1.Cl. The highest BCUT2D eigenvalue weighted by Gasteiger charge is 1.97. The van der Waals surface area contributed by atoms with Crippen molar-refractivity contribution >= 4 is 24.0 Å². The molecule has 114 valence electrons. The fraction of sp³-hybridized carbons (Fsp3) is 0.294. The van der Waals surface area contributed by atoms with Gasteiger partial charge in [-0.25, -0.2) is 0 Å². The largest absolute Gasteiger partial charge is 0.489 e. The summed E-state index contributed by atoms with van der Waals surface area (Å²) < 4.78 is 5.75. The van der Waals surface area contributed by atoms with E-state index in [1.807, 2.05) is 36.4 Å². The van der Waals surface area contributed by atoms with E-state index in [-0.39, 0.29) is 12.4 Å². The van der Waals surface area contributed by atoms with Crippen LogP contribution in [0.2, 0.25) is 5.02 Å². The molecule has 2 rings (SSSR count). The summed E-state index contributed by atoms with van der Waals surface area (Å²) in [6, 6.07) is 15.9. The van der Waals surface area contributed by atoms with Gasteiger partial charge in [-0.1, -0.05) is 42.8 Å². The van der Waals surface area contributed by atoms with Gasteiger partial charge < -0.3 is 10.1 Å². The lowest BCUT2D eigenvalue weighted by Crippen LogP contribution is -2.13. The van der Waals surface area contributed by atoms with Crippen molar-refractivity contribution in [2.24, 2.45) is 0 Å². The number of hydrogen-bond acceptors (Lipinski definition) is 2. The molecule has 0 heterocycles. The Morgan fingerprint density at radius 1 is 0.952 bits per heavy atom. The van der Waals surface area contributed by atoms with E-state index in [2.05, 4.69) is 24.4 Å². The molecule has 0 spiro atoms. The van der Waals surface area contributed by atoms with Crippen LogP contribution in [-0.4, -0.2) is 6.54 Å². The average molecular weight is 326 g/mol. The van der Waals surface area contributed by atoms with Crippen molar-refractivity contribution in [1.82, 2.24) is 5.32 Å². The lowest BCUT2D eigenvalue weighted by Gasteiger charge is -2.08. The van der Waals surface area contributed by atoms with Gasteiger partial charge in [-0.2, -0.15) is 0 Å². The fourth-order valence-electron chi connectivity index (χ4n) is 1.86. The predicted octanol–water partition coefficient (Wildman–Crippen LogP) is 4.84. The van der Waals surface area contributed by atoms with Gasteiger partial charge in [0.2, 0.25) is 0 Å². The first-order chi connectivity index (χ1) is 9.78. The zero-order valence-corrected chi connectivity index (χ0v) is 13.7. The van der Waals surface area contributed by atoms with Gasteiger partial charge in [0.05, 0.1) is 0 Å². The van der Waals surface area contributed by atoms with Crippen LogP contribution in [0.4, 0.5) is 0 Å². The molecule has 0 aliphatic rings. The van der Waals surface area contributed by atoms with E-state index in [0.29, 0.717) is 6.61 Å². The highest BCUT2D eigenvalue weighted by Crippen LogP contribution is 2.15. The zero-order valence-electron chi connectivity index (χ0n) is 12.1. The Morgan fingerprint density at radius 3 is 2.19 bits per heavy atom. The maximum absolute atomic E-state index is 5.85. The molecule has 0 saturated heterocycles. The number of halogens is 2. The zero-order chi connectivity index (χ0) is 14.2. The van der Waals surface area contributed by atoms with Gasteiger partial charge in [0.1, 0.15) is 12.4 Å². The molecule has 4 heteroatoms. The van der Waals surface area contributed by atoms with Gasteiger partial charge in [-0.05, 0) is 48.4 Å². The van der Waals surface area contributed by atoms with Crippen molar-refractivity contribution in [2.45, 2.75) is 26.5 Å². The molecule has 0 amide bonds. The summed E-state index contributed by atoms with van der Waals surface area (Å²) in [5, 5.41) is 4.13. The Hall–Kier alpha value is -1.22. The van der Waals surface area contributed by atoms with Crippen LogP contribution in [0, 0.1) is 0 Å². The standard InChI is InChI=1S/C17H20ClNO.ClH/c1-2-11-19-12-14-5-9-17(10-6-14)20-13-15-3-7-16(18)8-4-15;/h3-10,19H,2,11-13H2,1H3;1H. The van der Waals surface area contributed by atoms with Crippen molar-refractivity contribution in [3.05, 3.63) is 64.7 Å². The molecule has 0 unspecified atom stereocenters. The molecule has 0 bridgehead atoms. The Labute approximate surface area is 137 Å². The van der Waals surface area contributed by atoms with Crippen LogP contribution in [-0.2, 0) is 13.2 Å². The summed E-state index contributed by atoms with van der Waals surface area (Å²) in [5.41, 5.74) is 2.39. The normalized spacial score (nSPS) is 10.0. The van der Waals surface area contributed by atoms with Crippen LogP contribution in [0.3, 0.4) is 0 Å². The van der Waals surface area contributed by atoms with Gasteiger partial charge >= 0.3 is 0 Å². The Morgan fingerprint density at radius 2 is 1.57 bits per heavy atom. The van der Waals surface area contributed by atoms with E-state index in [4.69, 9.17) is 16.3 Å². The molecule has 0 aliphatic carbocycles. The molecular formula is C17H21Cl2NO. The van der Waals surface area contributed by atoms with Crippen molar-refractivity contribution in [2.75, 3.05) is 6.54 Å². The fourth-order valence-corrected chi connectivity index (χ4v) is 1.99. The summed E-state index contributed by atoms with van der Waals surface area (Å²) in [4.78, 5) is 0. The molecule has 0 aromatic heterocycles. The van der Waals surface area contributed by atoms with Crippen molar-refractivity contribution in [1.29, 1.82) is 0 Å². The number of nitrogens with one attached hydrogen (secondary N) is 1. The summed E-state index contributed by atoms with van der Waals surface area (Å²) in [6.07, 6.45) is 1.16. The highest BCUT2D eigenvalue weighted by molar-refractivity contribution is 6.30. The van der Waals surface area contributed by atoms with Crippen LogP contribution >= 0.6 is 24.0 Å². The molecule has 1 N–H and O–H groups in total. The van der Waals surface area contributed by atoms with E-state index in [0.717, 1.165) is 35.8 Å². The lowest BCUT2D eigenvalue weighted by molar-refractivity contribution is 0.306. The van der Waals surface area contributed by atoms with Crippen molar-refractivity contribution in [3.63, 3.8) is 0 Å². The third-order valence-electron chi connectivity index (χ3n) is 3.00. The van der Waals surface area contributed by atoms with E-state index in [1.54, 1.807) is 0 Å². The molecule has 2 aromatic rings. The van der Waals surface area contributed by atoms with Gasteiger partial charge in [-0.15, -0.1) is 12.4 Å². The average Bonchev–Trinajstić information content (AvgIpc) is 2.48. The van der Waals surface area contributed by atoms with Crippen molar-refractivity contribution < 1.29 is 4.74 Å². The predicted molar refractivity (Wildman–Crippen MR) is 91.5 cm³/mol. The smallest absolute Gasteiger partial charge is 0.119 e. The summed E-state index contributed by atoms with van der Waals surface area (Å²) in [6.45, 7) is 4.69. The summed E-state index contributed by atoms with van der Waals surface area (Å²) in [7, 11) is 0. The van der Waals surface area contributed by atoms with E-state index < -0.39 is 0 Å². The maximum atomic E-state index is 5.85. The molecule has 0 fully saturated rings. The van der Waals surface area contributed by atoms with E-state index >= 15 is 0 Å². The van der Waals surface area contributed by atoms with E-state index in [1.165, 1.54) is 5.56 Å². The number of benzene rings is 2. The molecule has 0 saturated carbocycles. The summed E-state index contributed by atoms with van der Waals surface area (Å²) in [5.74, 6) is 0.888. The molecule has 0 aliphatic heterocycles. The van der Waals surface area contributed by atoms with Gasteiger partial charge in [-0.3, -0.25) is 0 Å². The minimum absolute atomic E-state index is 0. The maximum Gasteiger partial charge on any atom is 0.119 e. The molecule has 2 nitrogen and oxygen atoms in total. The molecule has 0 atom stereocenters. The van der Waals surface area contributed by atoms with E-state index in [9.17, 15) is 0 Å². The number of rotatable bonds is 7.